The predicted molar refractivity (Wildman–Crippen MR) is 82.2 cm³/mol. The molecule has 0 saturated carbocycles. The number of aliphatic hydroxyl groups excluding tert-OH is 1. The Hall–Kier alpha value is -1.06. The second-order valence-electron chi connectivity index (χ2n) is 6.09. The summed E-state index contributed by atoms with van der Waals surface area (Å²) in [6, 6.07) is 6.19. The molecule has 1 aliphatic heterocycles. The summed E-state index contributed by atoms with van der Waals surface area (Å²) in [5.74, 6) is 1.36. The highest BCUT2D eigenvalue weighted by Gasteiger charge is 2.23. The fourth-order valence-corrected chi connectivity index (χ4v) is 2.90. The molecule has 1 atom stereocenters. The van der Waals surface area contributed by atoms with Gasteiger partial charge in [0.05, 0.1) is 12.2 Å². The summed E-state index contributed by atoms with van der Waals surface area (Å²) in [4.78, 5) is 0. The van der Waals surface area contributed by atoms with Gasteiger partial charge in [0.1, 0.15) is 5.75 Å². The summed E-state index contributed by atoms with van der Waals surface area (Å²) in [5.41, 5.74) is 2.28. The van der Waals surface area contributed by atoms with E-state index in [1.807, 2.05) is 19.9 Å². The largest absolute Gasteiger partial charge is 0.490 e. The van der Waals surface area contributed by atoms with Crippen molar-refractivity contribution in [2.75, 3.05) is 13.1 Å². The van der Waals surface area contributed by atoms with Crippen LogP contribution in [0.5, 0.6) is 5.75 Å². The molecule has 1 saturated heterocycles. The van der Waals surface area contributed by atoms with Crippen LogP contribution >= 0.6 is 0 Å². The van der Waals surface area contributed by atoms with Crippen molar-refractivity contribution in [3.05, 3.63) is 29.3 Å². The minimum atomic E-state index is -0.270. The molecule has 1 fully saturated rings. The lowest BCUT2D eigenvalue weighted by Crippen LogP contribution is -2.35. The Morgan fingerprint density at radius 2 is 2.00 bits per heavy atom. The Balaban J connectivity index is 2.09. The number of aryl methyl sites for hydroxylation is 1. The van der Waals surface area contributed by atoms with Gasteiger partial charge in [-0.05, 0) is 63.7 Å². The van der Waals surface area contributed by atoms with Gasteiger partial charge in [0.15, 0.2) is 0 Å². The van der Waals surface area contributed by atoms with Gasteiger partial charge in [-0.1, -0.05) is 18.2 Å². The van der Waals surface area contributed by atoms with Crippen LogP contribution in [0.4, 0.5) is 0 Å². The SMILES string of the molecule is Cc1cccc(CC(O)C2CCNCC2)c1OC(C)C. The smallest absolute Gasteiger partial charge is 0.125 e. The summed E-state index contributed by atoms with van der Waals surface area (Å²) >= 11 is 0. The normalized spacial score (nSPS) is 18.2. The van der Waals surface area contributed by atoms with Crippen molar-refractivity contribution < 1.29 is 9.84 Å². The number of nitrogens with one attached hydrogen (secondary N) is 1. The zero-order chi connectivity index (χ0) is 14.5. The monoisotopic (exact) mass is 277 g/mol. The van der Waals surface area contributed by atoms with E-state index in [0.29, 0.717) is 12.3 Å². The molecule has 112 valence electrons. The van der Waals surface area contributed by atoms with Gasteiger partial charge >= 0.3 is 0 Å². The van der Waals surface area contributed by atoms with Crippen LogP contribution < -0.4 is 10.1 Å². The van der Waals surface area contributed by atoms with Crippen LogP contribution in [0.2, 0.25) is 0 Å². The standard InChI is InChI=1S/C17H27NO2/c1-12(2)20-17-13(3)5-4-6-15(17)11-16(19)14-7-9-18-10-8-14/h4-6,12,14,16,18-19H,7-11H2,1-3H3. The van der Waals surface area contributed by atoms with Crippen LogP contribution in [0.1, 0.15) is 37.8 Å². The molecule has 20 heavy (non-hydrogen) atoms. The number of hydrogen-bond acceptors (Lipinski definition) is 3. The van der Waals surface area contributed by atoms with Crippen LogP contribution in [0.3, 0.4) is 0 Å². The van der Waals surface area contributed by atoms with Gasteiger partial charge in [-0.15, -0.1) is 0 Å². The Morgan fingerprint density at radius 3 is 2.65 bits per heavy atom. The highest BCUT2D eigenvalue weighted by atomic mass is 16.5. The van der Waals surface area contributed by atoms with Crippen molar-refractivity contribution in [2.24, 2.45) is 5.92 Å². The minimum Gasteiger partial charge on any atom is -0.490 e. The fraction of sp³-hybridized carbons (Fsp3) is 0.647. The molecule has 0 bridgehead atoms. The number of rotatable bonds is 5. The van der Waals surface area contributed by atoms with E-state index in [0.717, 1.165) is 42.8 Å². The third-order valence-corrected chi connectivity index (χ3v) is 4.00. The predicted octanol–water partition coefficient (Wildman–Crippen LogP) is 2.69. The van der Waals surface area contributed by atoms with Crippen LogP contribution in [0.25, 0.3) is 0 Å². The zero-order valence-electron chi connectivity index (χ0n) is 12.9. The van der Waals surface area contributed by atoms with Crippen LogP contribution in [-0.2, 0) is 6.42 Å². The lowest BCUT2D eigenvalue weighted by atomic mass is 9.88. The first kappa shape index (κ1) is 15.3. The molecule has 2 N–H and O–H groups in total. The molecule has 2 rings (SSSR count). The lowest BCUT2D eigenvalue weighted by Gasteiger charge is -2.28. The van der Waals surface area contributed by atoms with E-state index >= 15 is 0 Å². The molecule has 0 amide bonds. The second-order valence-corrected chi connectivity index (χ2v) is 6.09. The Labute approximate surface area is 122 Å². The molecule has 3 heteroatoms. The molecule has 3 nitrogen and oxygen atoms in total. The number of para-hydroxylation sites is 1. The summed E-state index contributed by atoms with van der Waals surface area (Å²) in [5, 5.41) is 13.8. The van der Waals surface area contributed by atoms with Crippen LogP contribution in [0, 0.1) is 12.8 Å². The summed E-state index contributed by atoms with van der Waals surface area (Å²) in [7, 11) is 0. The number of hydrogen-bond donors (Lipinski definition) is 2. The maximum absolute atomic E-state index is 10.5. The third kappa shape index (κ3) is 3.97. The van der Waals surface area contributed by atoms with Gasteiger partial charge in [-0.3, -0.25) is 0 Å². The molecule has 0 aliphatic carbocycles. The average Bonchev–Trinajstić information content (AvgIpc) is 2.43. The third-order valence-electron chi connectivity index (χ3n) is 4.00. The maximum atomic E-state index is 10.5. The second kappa shape index (κ2) is 7.09. The van der Waals surface area contributed by atoms with Gasteiger partial charge in [0.25, 0.3) is 0 Å². The van der Waals surface area contributed by atoms with Crippen LogP contribution in [-0.4, -0.2) is 30.4 Å². The van der Waals surface area contributed by atoms with E-state index in [1.165, 1.54) is 0 Å². The molecule has 0 spiro atoms. The number of ether oxygens (including phenoxy) is 1. The molecular weight excluding hydrogens is 250 g/mol. The molecule has 1 aromatic rings. The van der Waals surface area contributed by atoms with E-state index in [-0.39, 0.29) is 12.2 Å². The molecular formula is C17H27NO2. The fourth-order valence-electron chi connectivity index (χ4n) is 2.90. The molecule has 0 radical (unpaired) electrons. The van der Waals surface area contributed by atoms with Crippen molar-refractivity contribution in [2.45, 2.75) is 52.2 Å². The summed E-state index contributed by atoms with van der Waals surface area (Å²) < 4.78 is 5.94. The maximum Gasteiger partial charge on any atom is 0.125 e. The van der Waals surface area contributed by atoms with E-state index in [2.05, 4.69) is 24.4 Å². The highest BCUT2D eigenvalue weighted by molar-refractivity contribution is 5.41. The number of aliphatic hydroxyl groups is 1. The van der Waals surface area contributed by atoms with Crippen molar-refractivity contribution in [3.8, 4) is 5.75 Å². The van der Waals surface area contributed by atoms with E-state index in [1.54, 1.807) is 0 Å². The van der Waals surface area contributed by atoms with Crippen molar-refractivity contribution in [3.63, 3.8) is 0 Å². The van der Waals surface area contributed by atoms with Crippen molar-refractivity contribution in [1.29, 1.82) is 0 Å². The van der Waals surface area contributed by atoms with E-state index < -0.39 is 0 Å². The van der Waals surface area contributed by atoms with Crippen molar-refractivity contribution in [1.82, 2.24) is 5.32 Å². The molecule has 1 unspecified atom stereocenters. The minimum absolute atomic E-state index is 0.158. The van der Waals surface area contributed by atoms with E-state index in [4.69, 9.17) is 4.74 Å². The van der Waals surface area contributed by atoms with Crippen LogP contribution in [0.15, 0.2) is 18.2 Å². The molecule has 1 aromatic carbocycles. The first-order chi connectivity index (χ1) is 9.58. The van der Waals surface area contributed by atoms with Crippen molar-refractivity contribution >= 4 is 0 Å². The highest BCUT2D eigenvalue weighted by Crippen LogP contribution is 2.28. The zero-order valence-corrected chi connectivity index (χ0v) is 12.9. The van der Waals surface area contributed by atoms with E-state index in [9.17, 15) is 5.11 Å². The molecule has 0 aromatic heterocycles. The van der Waals surface area contributed by atoms with Gasteiger partial charge in [-0.2, -0.15) is 0 Å². The summed E-state index contributed by atoms with van der Waals surface area (Å²) in [6.45, 7) is 8.19. The average molecular weight is 277 g/mol. The number of piperidine rings is 1. The van der Waals surface area contributed by atoms with Gasteiger partial charge < -0.3 is 15.2 Å². The molecule has 1 heterocycles. The van der Waals surface area contributed by atoms with Gasteiger partial charge in [0, 0.05) is 6.42 Å². The molecule has 1 aliphatic rings. The Kier molecular flexibility index (Phi) is 5.44. The first-order valence-electron chi connectivity index (χ1n) is 7.72. The topological polar surface area (TPSA) is 41.5 Å². The first-order valence-corrected chi connectivity index (χ1v) is 7.72. The Bertz CT molecular complexity index is 425. The van der Waals surface area contributed by atoms with Gasteiger partial charge in [0.2, 0.25) is 0 Å². The van der Waals surface area contributed by atoms with Gasteiger partial charge in [-0.25, -0.2) is 0 Å². The quantitative estimate of drug-likeness (QED) is 0.869. The Morgan fingerprint density at radius 1 is 1.30 bits per heavy atom. The summed E-state index contributed by atoms with van der Waals surface area (Å²) in [6.07, 6.45) is 2.70. The lowest BCUT2D eigenvalue weighted by molar-refractivity contribution is 0.0879. The number of benzene rings is 1.